The van der Waals surface area contributed by atoms with E-state index in [2.05, 4.69) is 27.3 Å². The molecule has 2 aliphatic rings. The highest BCUT2D eigenvalue weighted by Gasteiger charge is 2.18. The highest BCUT2D eigenvalue weighted by molar-refractivity contribution is 9.10. The van der Waals surface area contributed by atoms with Gasteiger partial charge in [-0.25, -0.2) is 0 Å². The van der Waals surface area contributed by atoms with Crippen LogP contribution < -0.4 is 14.8 Å². The first-order chi connectivity index (χ1) is 9.33. The lowest BCUT2D eigenvalue weighted by Crippen LogP contribution is -2.28. The van der Waals surface area contributed by atoms with Gasteiger partial charge in [0.05, 0.1) is 11.1 Å². The van der Waals surface area contributed by atoms with E-state index in [0.717, 1.165) is 42.3 Å². The average Bonchev–Trinajstić information content (AvgIpc) is 2.89. The molecule has 1 saturated heterocycles. The van der Waals surface area contributed by atoms with E-state index < -0.39 is 0 Å². The molecule has 2 aliphatic heterocycles. The Labute approximate surface area is 121 Å². The number of ether oxygens (including phenoxy) is 3. The van der Waals surface area contributed by atoms with Gasteiger partial charge in [-0.1, -0.05) is 0 Å². The van der Waals surface area contributed by atoms with Crippen molar-refractivity contribution in [1.82, 2.24) is 5.32 Å². The van der Waals surface area contributed by atoms with Crippen molar-refractivity contribution in [3.8, 4) is 11.5 Å². The third-order valence-corrected chi connectivity index (χ3v) is 4.09. The molecule has 1 aromatic carbocycles. The Morgan fingerprint density at radius 3 is 3.11 bits per heavy atom. The Hall–Kier alpha value is -0.780. The van der Waals surface area contributed by atoms with Gasteiger partial charge in [0, 0.05) is 19.7 Å². The molecule has 104 valence electrons. The van der Waals surface area contributed by atoms with Crippen molar-refractivity contribution in [3.63, 3.8) is 0 Å². The summed E-state index contributed by atoms with van der Waals surface area (Å²) in [4.78, 5) is 0. The van der Waals surface area contributed by atoms with E-state index in [-0.39, 0.29) is 0 Å². The van der Waals surface area contributed by atoms with Gasteiger partial charge in [0.2, 0.25) is 6.79 Å². The fourth-order valence-corrected chi connectivity index (χ4v) is 3.12. The number of hydrogen-bond acceptors (Lipinski definition) is 4. The molecule has 1 N–H and O–H groups in total. The van der Waals surface area contributed by atoms with Crippen LogP contribution in [0.15, 0.2) is 16.6 Å². The second-order valence-electron chi connectivity index (χ2n) is 5.03. The van der Waals surface area contributed by atoms with Gasteiger partial charge in [-0.2, -0.15) is 0 Å². The van der Waals surface area contributed by atoms with Crippen molar-refractivity contribution < 1.29 is 14.2 Å². The van der Waals surface area contributed by atoms with E-state index >= 15 is 0 Å². The summed E-state index contributed by atoms with van der Waals surface area (Å²) in [6, 6.07) is 4.12. The Balaban J connectivity index is 1.54. The van der Waals surface area contributed by atoms with E-state index in [1.54, 1.807) is 0 Å². The van der Waals surface area contributed by atoms with Crippen LogP contribution in [0, 0.1) is 5.92 Å². The molecule has 1 aromatic rings. The van der Waals surface area contributed by atoms with Gasteiger partial charge >= 0.3 is 0 Å². The summed E-state index contributed by atoms with van der Waals surface area (Å²) in [5.41, 5.74) is 1.20. The number of benzene rings is 1. The number of fused-ring (bicyclic) bond motifs is 1. The molecule has 19 heavy (non-hydrogen) atoms. The molecule has 2 heterocycles. The molecular weight excluding hydrogens is 310 g/mol. The monoisotopic (exact) mass is 327 g/mol. The molecule has 1 fully saturated rings. The Morgan fingerprint density at radius 1 is 1.32 bits per heavy atom. The maximum Gasteiger partial charge on any atom is 0.231 e. The second kappa shape index (κ2) is 6.11. The van der Waals surface area contributed by atoms with Crippen molar-refractivity contribution >= 4 is 15.9 Å². The van der Waals surface area contributed by atoms with Crippen LogP contribution >= 0.6 is 15.9 Å². The van der Waals surface area contributed by atoms with Crippen LogP contribution in [-0.2, 0) is 11.3 Å². The van der Waals surface area contributed by atoms with E-state index in [4.69, 9.17) is 14.2 Å². The summed E-state index contributed by atoms with van der Waals surface area (Å²) in [6.07, 6.45) is 2.44. The fourth-order valence-electron chi connectivity index (χ4n) is 2.51. The lowest BCUT2D eigenvalue weighted by molar-refractivity contribution is 0.0547. The molecular formula is C14H18BrNO3. The quantitative estimate of drug-likeness (QED) is 0.923. The van der Waals surface area contributed by atoms with Crippen LogP contribution in [0.2, 0.25) is 0 Å². The lowest BCUT2D eigenvalue weighted by atomic mass is 10.0. The summed E-state index contributed by atoms with van der Waals surface area (Å²) in [6.45, 7) is 3.96. The molecule has 0 bridgehead atoms. The van der Waals surface area contributed by atoms with Gasteiger partial charge in [0.1, 0.15) is 0 Å². The minimum Gasteiger partial charge on any atom is -0.454 e. The molecule has 0 saturated carbocycles. The summed E-state index contributed by atoms with van der Waals surface area (Å²) < 4.78 is 17.2. The van der Waals surface area contributed by atoms with Crippen LogP contribution in [0.5, 0.6) is 11.5 Å². The molecule has 0 radical (unpaired) electrons. The molecule has 5 heteroatoms. The van der Waals surface area contributed by atoms with Gasteiger partial charge in [-0.15, -0.1) is 0 Å². The first-order valence-electron chi connectivity index (χ1n) is 6.69. The average molecular weight is 328 g/mol. The van der Waals surface area contributed by atoms with Gasteiger partial charge in [-0.3, -0.25) is 0 Å². The van der Waals surface area contributed by atoms with E-state index in [1.165, 1.54) is 18.4 Å². The lowest BCUT2D eigenvalue weighted by Gasteiger charge is -2.22. The zero-order valence-corrected chi connectivity index (χ0v) is 12.4. The standard InChI is InChI=1S/C14H18BrNO3/c15-12-4-11(5-13-14(12)19-9-18-13)7-16-6-10-2-1-3-17-8-10/h4-5,10,16H,1-3,6-9H2. The van der Waals surface area contributed by atoms with Crippen LogP contribution in [-0.4, -0.2) is 26.6 Å². The maximum atomic E-state index is 5.48. The van der Waals surface area contributed by atoms with Crippen LogP contribution in [0.4, 0.5) is 0 Å². The molecule has 3 rings (SSSR count). The second-order valence-corrected chi connectivity index (χ2v) is 5.88. The van der Waals surface area contributed by atoms with Gasteiger partial charge in [-0.05, 0) is 52.4 Å². The van der Waals surface area contributed by atoms with Crippen molar-refractivity contribution in [2.24, 2.45) is 5.92 Å². The Kier molecular flexibility index (Phi) is 4.25. The van der Waals surface area contributed by atoms with Crippen molar-refractivity contribution in [2.75, 3.05) is 26.6 Å². The molecule has 0 amide bonds. The SMILES string of the molecule is Brc1cc(CNCC2CCCOC2)cc2c1OCO2. The first kappa shape index (κ1) is 13.2. The highest BCUT2D eigenvalue weighted by atomic mass is 79.9. The third-order valence-electron chi connectivity index (χ3n) is 3.50. The van der Waals surface area contributed by atoms with E-state index in [0.29, 0.717) is 12.7 Å². The number of halogens is 1. The predicted octanol–water partition coefficient (Wildman–Crippen LogP) is 2.69. The largest absolute Gasteiger partial charge is 0.454 e. The Morgan fingerprint density at radius 2 is 2.26 bits per heavy atom. The van der Waals surface area contributed by atoms with Crippen LogP contribution in [0.25, 0.3) is 0 Å². The van der Waals surface area contributed by atoms with E-state index in [9.17, 15) is 0 Å². The number of hydrogen-bond donors (Lipinski definition) is 1. The van der Waals surface area contributed by atoms with Crippen LogP contribution in [0.3, 0.4) is 0 Å². The predicted molar refractivity (Wildman–Crippen MR) is 75.5 cm³/mol. The van der Waals surface area contributed by atoms with Gasteiger partial charge < -0.3 is 19.5 Å². The van der Waals surface area contributed by atoms with E-state index in [1.807, 2.05) is 6.07 Å². The summed E-state index contributed by atoms with van der Waals surface area (Å²) >= 11 is 3.51. The summed E-state index contributed by atoms with van der Waals surface area (Å²) in [5, 5.41) is 3.49. The molecule has 1 unspecified atom stereocenters. The Bertz CT molecular complexity index is 447. The molecule has 0 spiro atoms. The zero-order chi connectivity index (χ0) is 13.1. The number of nitrogens with one attached hydrogen (secondary N) is 1. The third kappa shape index (κ3) is 3.22. The van der Waals surface area contributed by atoms with Gasteiger partial charge in [0.25, 0.3) is 0 Å². The first-order valence-corrected chi connectivity index (χ1v) is 7.49. The molecule has 0 aromatic heterocycles. The molecule has 1 atom stereocenters. The highest BCUT2D eigenvalue weighted by Crippen LogP contribution is 2.39. The summed E-state index contributed by atoms with van der Waals surface area (Å²) in [7, 11) is 0. The van der Waals surface area contributed by atoms with Crippen LogP contribution in [0.1, 0.15) is 18.4 Å². The minimum absolute atomic E-state index is 0.310. The molecule has 4 nitrogen and oxygen atoms in total. The molecule has 0 aliphatic carbocycles. The maximum absolute atomic E-state index is 5.48. The topological polar surface area (TPSA) is 39.7 Å². The van der Waals surface area contributed by atoms with Crippen molar-refractivity contribution in [1.29, 1.82) is 0 Å². The normalized spacial score (nSPS) is 21.6. The number of rotatable bonds is 4. The van der Waals surface area contributed by atoms with Crippen molar-refractivity contribution in [2.45, 2.75) is 19.4 Å². The minimum atomic E-state index is 0.310. The summed E-state index contributed by atoms with van der Waals surface area (Å²) in [5.74, 6) is 2.28. The fraction of sp³-hybridized carbons (Fsp3) is 0.571. The van der Waals surface area contributed by atoms with Crippen molar-refractivity contribution in [3.05, 3.63) is 22.2 Å². The smallest absolute Gasteiger partial charge is 0.231 e. The van der Waals surface area contributed by atoms with Gasteiger partial charge in [0.15, 0.2) is 11.5 Å². The zero-order valence-electron chi connectivity index (χ0n) is 10.8.